The second kappa shape index (κ2) is 7.44. The third kappa shape index (κ3) is 5.02. The maximum atomic E-state index is 2.51. The molecule has 0 spiro atoms. The van der Waals surface area contributed by atoms with Crippen LogP contribution in [0.5, 0.6) is 0 Å². The molecule has 1 fully saturated rings. The van der Waals surface area contributed by atoms with Crippen molar-refractivity contribution in [3.8, 4) is 0 Å². The molecule has 0 aromatic heterocycles. The molecule has 0 nitrogen and oxygen atoms in total. The molecule has 0 aromatic rings. The van der Waals surface area contributed by atoms with Gasteiger partial charge in [-0.15, -0.1) is 0 Å². The van der Waals surface area contributed by atoms with Crippen LogP contribution in [0.4, 0.5) is 0 Å². The van der Waals surface area contributed by atoms with Crippen LogP contribution in [0.2, 0.25) is 0 Å². The number of rotatable bonds is 6. The molecule has 0 aromatic carbocycles. The van der Waals surface area contributed by atoms with E-state index in [9.17, 15) is 0 Å². The number of hydrogen-bond donors (Lipinski definition) is 0. The molecule has 0 bridgehead atoms. The Hall–Kier alpha value is 0. The maximum Gasteiger partial charge on any atom is -0.0326 e. The van der Waals surface area contributed by atoms with Crippen molar-refractivity contribution >= 4 is 0 Å². The molecule has 0 radical (unpaired) electrons. The molecule has 17 heavy (non-hydrogen) atoms. The summed E-state index contributed by atoms with van der Waals surface area (Å²) in [5.74, 6) is 2.05. The van der Waals surface area contributed by atoms with Crippen LogP contribution < -0.4 is 0 Å². The molecule has 1 saturated carbocycles. The molecule has 102 valence electrons. The third-order valence-electron chi connectivity index (χ3n) is 5.05. The van der Waals surface area contributed by atoms with Gasteiger partial charge in [-0.2, -0.15) is 0 Å². The fourth-order valence-corrected chi connectivity index (χ4v) is 3.79. The lowest BCUT2D eigenvalue weighted by Gasteiger charge is -2.34. The van der Waals surface area contributed by atoms with Crippen LogP contribution in [0.1, 0.15) is 91.9 Å². The Bertz CT molecular complexity index is 192. The molecule has 0 saturated heterocycles. The quantitative estimate of drug-likeness (QED) is 0.483. The van der Waals surface area contributed by atoms with Gasteiger partial charge < -0.3 is 0 Å². The standard InChI is InChI=1S/C17H34/c1-5-7-9-15-10-8-11-16(13-12-15)17(3,4)14-6-2/h15-16H,5-14H2,1-4H3. The van der Waals surface area contributed by atoms with Gasteiger partial charge in [-0.05, 0) is 36.5 Å². The van der Waals surface area contributed by atoms with Crippen molar-refractivity contribution in [1.29, 1.82) is 0 Å². The summed E-state index contributed by atoms with van der Waals surface area (Å²) in [5, 5.41) is 0. The number of hydrogen-bond acceptors (Lipinski definition) is 0. The summed E-state index contributed by atoms with van der Waals surface area (Å²) < 4.78 is 0. The lowest BCUT2D eigenvalue weighted by atomic mass is 9.72. The number of unbranched alkanes of at least 4 members (excludes halogenated alkanes) is 1. The molecule has 0 N–H and O–H groups in total. The molecule has 0 heteroatoms. The molecule has 2 unspecified atom stereocenters. The van der Waals surface area contributed by atoms with Gasteiger partial charge in [-0.3, -0.25) is 0 Å². The highest BCUT2D eigenvalue weighted by atomic mass is 14.4. The van der Waals surface area contributed by atoms with Crippen LogP contribution in [0.25, 0.3) is 0 Å². The van der Waals surface area contributed by atoms with E-state index in [1.165, 1.54) is 64.2 Å². The third-order valence-corrected chi connectivity index (χ3v) is 5.05. The van der Waals surface area contributed by atoms with Crippen LogP contribution >= 0.6 is 0 Å². The molecule has 0 heterocycles. The zero-order valence-corrected chi connectivity index (χ0v) is 12.7. The summed E-state index contributed by atoms with van der Waals surface area (Å²) >= 11 is 0. The second-order valence-electron chi connectivity index (χ2n) is 6.95. The van der Waals surface area contributed by atoms with Crippen molar-refractivity contribution in [2.45, 2.75) is 91.9 Å². The van der Waals surface area contributed by atoms with E-state index in [2.05, 4.69) is 27.7 Å². The van der Waals surface area contributed by atoms with Gasteiger partial charge in [0.15, 0.2) is 0 Å². The summed E-state index contributed by atoms with van der Waals surface area (Å²) in [4.78, 5) is 0. The Labute approximate surface area is 110 Å². The van der Waals surface area contributed by atoms with Gasteiger partial charge in [0, 0.05) is 0 Å². The molecule has 1 aliphatic rings. The van der Waals surface area contributed by atoms with E-state index in [-0.39, 0.29) is 0 Å². The van der Waals surface area contributed by atoms with Crippen LogP contribution in [-0.4, -0.2) is 0 Å². The van der Waals surface area contributed by atoms with Gasteiger partial charge in [0.25, 0.3) is 0 Å². The van der Waals surface area contributed by atoms with E-state index in [1.807, 2.05) is 0 Å². The first-order chi connectivity index (χ1) is 8.10. The van der Waals surface area contributed by atoms with Crippen LogP contribution in [-0.2, 0) is 0 Å². The highest BCUT2D eigenvalue weighted by molar-refractivity contribution is 4.81. The largest absolute Gasteiger partial charge is 0.0654 e. The van der Waals surface area contributed by atoms with Gasteiger partial charge >= 0.3 is 0 Å². The second-order valence-corrected chi connectivity index (χ2v) is 6.95. The monoisotopic (exact) mass is 238 g/mol. The highest BCUT2D eigenvalue weighted by Crippen LogP contribution is 2.42. The minimum atomic E-state index is 0.592. The van der Waals surface area contributed by atoms with Crippen molar-refractivity contribution in [1.82, 2.24) is 0 Å². The molecule has 2 atom stereocenters. The molecular formula is C17H34. The van der Waals surface area contributed by atoms with E-state index in [4.69, 9.17) is 0 Å². The Kier molecular flexibility index (Phi) is 6.59. The van der Waals surface area contributed by atoms with Crippen LogP contribution in [0.3, 0.4) is 0 Å². The van der Waals surface area contributed by atoms with Gasteiger partial charge in [0.1, 0.15) is 0 Å². The SMILES string of the molecule is CCCCC1CCCC(C(C)(C)CCC)CC1. The zero-order valence-electron chi connectivity index (χ0n) is 12.7. The average Bonchev–Trinajstić information content (AvgIpc) is 2.52. The Balaban J connectivity index is 2.41. The first kappa shape index (κ1) is 15.1. The summed E-state index contributed by atoms with van der Waals surface area (Å²) in [5.41, 5.74) is 0.592. The predicted octanol–water partition coefficient (Wildman–Crippen LogP) is 6.20. The van der Waals surface area contributed by atoms with E-state index in [0.717, 1.165) is 11.8 Å². The average molecular weight is 238 g/mol. The lowest BCUT2D eigenvalue weighted by Crippen LogP contribution is -2.23. The van der Waals surface area contributed by atoms with Gasteiger partial charge in [-0.1, -0.05) is 72.6 Å². The molecule has 0 amide bonds. The molecule has 1 aliphatic carbocycles. The van der Waals surface area contributed by atoms with Crippen molar-refractivity contribution in [2.75, 3.05) is 0 Å². The van der Waals surface area contributed by atoms with Gasteiger partial charge in [0.2, 0.25) is 0 Å². The van der Waals surface area contributed by atoms with E-state index >= 15 is 0 Å². The summed E-state index contributed by atoms with van der Waals surface area (Å²) in [6.45, 7) is 9.67. The minimum absolute atomic E-state index is 0.592. The minimum Gasteiger partial charge on any atom is -0.0654 e. The molecule has 0 aliphatic heterocycles. The zero-order chi connectivity index (χ0) is 12.7. The predicted molar refractivity (Wildman–Crippen MR) is 78.3 cm³/mol. The Morgan fingerprint density at radius 1 is 0.941 bits per heavy atom. The molecule has 1 rings (SSSR count). The van der Waals surface area contributed by atoms with Crippen molar-refractivity contribution in [3.05, 3.63) is 0 Å². The maximum absolute atomic E-state index is 2.51. The summed E-state index contributed by atoms with van der Waals surface area (Å²) in [7, 11) is 0. The fraction of sp³-hybridized carbons (Fsp3) is 1.00. The van der Waals surface area contributed by atoms with E-state index < -0.39 is 0 Å². The van der Waals surface area contributed by atoms with Crippen molar-refractivity contribution in [3.63, 3.8) is 0 Å². The smallest absolute Gasteiger partial charge is 0.0326 e. The normalized spacial score (nSPS) is 26.8. The topological polar surface area (TPSA) is 0 Å². The first-order valence-corrected chi connectivity index (χ1v) is 8.10. The van der Waals surface area contributed by atoms with Crippen LogP contribution in [0, 0.1) is 17.3 Å². The fourth-order valence-electron chi connectivity index (χ4n) is 3.79. The van der Waals surface area contributed by atoms with E-state index in [0.29, 0.717) is 5.41 Å². The van der Waals surface area contributed by atoms with Crippen molar-refractivity contribution in [2.24, 2.45) is 17.3 Å². The van der Waals surface area contributed by atoms with E-state index in [1.54, 1.807) is 0 Å². The van der Waals surface area contributed by atoms with Crippen molar-refractivity contribution < 1.29 is 0 Å². The summed E-state index contributed by atoms with van der Waals surface area (Å²) in [6.07, 6.45) is 14.6. The first-order valence-electron chi connectivity index (χ1n) is 8.10. The summed E-state index contributed by atoms with van der Waals surface area (Å²) in [6, 6.07) is 0. The Morgan fingerprint density at radius 3 is 2.35 bits per heavy atom. The highest BCUT2D eigenvalue weighted by Gasteiger charge is 2.30. The van der Waals surface area contributed by atoms with Gasteiger partial charge in [0.05, 0.1) is 0 Å². The lowest BCUT2D eigenvalue weighted by molar-refractivity contribution is 0.170. The van der Waals surface area contributed by atoms with Gasteiger partial charge in [-0.25, -0.2) is 0 Å². The Morgan fingerprint density at radius 2 is 1.71 bits per heavy atom. The molecular weight excluding hydrogens is 204 g/mol. The van der Waals surface area contributed by atoms with Crippen LogP contribution in [0.15, 0.2) is 0 Å².